The summed E-state index contributed by atoms with van der Waals surface area (Å²) in [6.45, 7) is 2.03. The van der Waals surface area contributed by atoms with Gasteiger partial charge >= 0.3 is 16.5 Å². The summed E-state index contributed by atoms with van der Waals surface area (Å²) in [5.41, 5.74) is 8.45. The second kappa shape index (κ2) is 20.1. The van der Waals surface area contributed by atoms with Crippen LogP contribution in [0.5, 0.6) is 0 Å². The first kappa shape index (κ1) is 36.3. The number of hydrogen-bond donors (Lipinski definition) is 0. The van der Waals surface area contributed by atoms with Gasteiger partial charge in [0.05, 0.1) is 0 Å². The molecule has 0 bridgehead atoms. The predicted molar refractivity (Wildman–Crippen MR) is 177 cm³/mol. The van der Waals surface area contributed by atoms with Crippen LogP contribution >= 0.6 is 15.8 Å². The molecule has 7 rings (SSSR count). The first-order chi connectivity index (χ1) is 19.3. The van der Waals surface area contributed by atoms with E-state index < -0.39 is 0 Å². The van der Waals surface area contributed by atoms with Gasteiger partial charge in [0, 0.05) is 0 Å². The Hall–Kier alpha value is 0.864. The zero-order valence-corrected chi connectivity index (χ0v) is 29.9. The molecule has 41 heavy (non-hydrogen) atoms. The van der Waals surface area contributed by atoms with E-state index in [9.17, 15) is 0 Å². The molecule has 0 heterocycles. The Labute approximate surface area is 274 Å². The summed E-state index contributed by atoms with van der Waals surface area (Å²) in [6, 6.07) is 10.9. The summed E-state index contributed by atoms with van der Waals surface area (Å²) < 4.78 is 0. The van der Waals surface area contributed by atoms with E-state index in [0.29, 0.717) is 15.8 Å². The maximum atomic E-state index is 3.03. The second-order valence-corrected chi connectivity index (χ2v) is 20.2. The summed E-state index contributed by atoms with van der Waals surface area (Å²) in [5.74, 6) is 0. The van der Waals surface area contributed by atoms with Crippen LogP contribution in [0.4, 0.5) is 0 Å². The van der Waals surface area contributed by atoms with Gasteiger partial charge in [-0.1, -0.05) is 99.8 Å². The first-order valence-electron chi connectivity index (χ1n) is 17.8. The van der Waals surface area contributed by atoms with Gasteiger partial charge in [-0.25, -0.2) is 0 Å². The maximum Gasteiger partial charge on any atom is 2.00 e. The number of halogens is 1. The zero-order valence-electron chi connectivity index (χ0n) is 26.3. The summed E-state index contributed by atoms with van der Waals surface area (Å²) in [4.78, 5) is 0. The molecule has 1 aromatic carbocycles. The van der Waals surface area contributed by atoms with Crippen molar-refractivity contribution in [2.75, 3.05) is 0 Å². The number of rotatable bonds is 6. The van der Waals surface area contributed by atoms with E-state index in [0.717, 1.165) is 0 Å². The molecule has 0 radical (unpaired) electrons. The summed E-state index contributed by atoms with van der Waals surface area (Å²) in [7, 11) is 0.872. The molecule has 0 saturated heterocycles. The fraction of sp³-hybridized carbons (Fsp3) is 0.838. The molecule has 236 valence electrons. The summed E-state index contributed by atoms with van der Waals surface area (Å²) >= 11 is 0. The van der Waals surface area contributed by atoms with Gasteiger partial charge in [0.2, 0.25) is 0 Å². The van der Waals surface area contributed by atoms with Crippen molar-refractivity contribution in [3.05, 3.63) is 35.9 Å². The average molecular weight is 662 g/mol. The Morgan fingerprint density at radius 2 is 0.707 bits per heavy atom. The van der Waals surface area contributed by atoms with Crippen molar-refractivity contribution in [3.8, 4) is 0 Å². The largest absolute Gasteiger partial charge is 2.00 e. The second-order valence-electron chi connectivity index (χ2n) is 14.1. The molecule has 0 nitrogen and oxygen atoms in total. The Kier molecular flexibility index (Phi) is 17.8. The van der Waals surface area contributed by atoms with Crippen LogP contribution in [0.3, 0.4) is 0 Å². The molecule has 0 unspecified atom stereocenters. The van der Waals surface area contributed by atoms with Crippen LogP contribution in [0.25, 0.3) is 0 Å². The van der Waals surface area contributed by atoms with Crippen LogP contribution < -0.4 is 12.4 Å². The average Bonchev–Trinajstić information content (AvgIpc) is 3.82. The fourth-order valence-electron chi connectivity index (χ4n) is 9.49. The standard InChI is InChI=1S/2C15H27P.C7H7.ClH.Ni/c2*1-2-8-13(7-1)16(14-9-3-4-10-14)15-11-5-6-12-15;1-7-5-3-2-4-6-7;;/h2*13-15H,1-12H2;2-5H,1H3;1H;/q;;-1;;+2/p-1. The molecule has 1 aromatic rings. The van der Waals surface area contributed by atoms with Crippen molar-refractivity contribution in [1.29, 1.82) is 0 Å². The minimum Gasteiger partial charge on any atom is -1.00 e. The predicted octanol–water partition coefficient (Wildman–Crippen LogP) is 9.39. The van der Waals surface area contributed by atoms with Crippen molar-refractivity contribution in [2.45, 2.75) is 195 Å². The minimum absolute atomic E-state index is 0. The molecule has 6 aliphatic rings. The fourth-order valence-corrected chi connectivity index (χ4v) is 18.8. The number of aryl methyl sites for hydroxylation is 1. The molecule has 6 aliphatic carbocycles. The molecule has 0 N–H and O–H groups in total. The Balaban J connectivity index is 0.000000177. The quantitative estimate of drug-likeness (QED) is 0.162. The molecule has 6 saturated carbocycles. The smallest absolute Gasteiger partial charge is 1.00 e. The topological polar surface area (TPSA) is 0 Å². The van der Waals surface area contributed by atoms with Gasteiger partial charge in [-0.2, -0.15) is 35.9 Å². The monoisotopic (exact) mass is 660 g/mol. The Morgan fingerprint density at radius 3 is 0.854 bits per heavy atom. The third kappa shape index (κ3) is 11.0. The van der Waals surface area contributed by atoms with E-state index in [4.69, 9.17) is 0 Å². The van der Waals surface area contributed by atoms with E-state index >= 15 is 0 Å². The van der Waals surface area contributed by atoms with Gasteiger partial charge in [-0.05, 0) is 111 Å². The molecule has 0 amide bonds. The van der Waals surface area contributed by atoms with Crippen LogP contribution in [0.1, 0.15) is 160 Å². The van der Waals surface area contributed by atoms with E-state index in [1.165, 1.54) is 39.5 Å². The normalized spacial score (nSPS) is 24.8. The molecule has 0 aromatic heterocycles. The molecule has 0 aliphatic heterocycles. The van der Waals surface area contributed by atoms with Crippen LogP contribution in [-0.4, -0.2) is 34.0 Å². The molecule has 4 heteroatoms. The Morgan fingerprint density at radius 1 is 0.463 bits per heavy atom. The summed E-state index contributed by atoms with van der Waals surface area (Å²) in [6.07, 6.45) is 38.0. The first-order valence-corrected chi connectivity index (χ1v) is 20.9. The molecule has 0 spiro atoms. The van der Waals surface area contributed by atoms with Crippen molar-refractivity contribution in [2.24, 2.45) is 0 Å². The number of benzene rings is 1. The van der Waals surface area contributed by atoms with E-state index in [1.54, 1.807) is 154 Å². The van der Waals surface area contributed by atoms with Crippen LogP contribution in [0.15, 0.2) is 24.3 Å². The van der Waals surface area contributed by atoms with Crippen molar-refractivity contribution in [3.63, 3.8) is 0 Å². The van der Waals surface area contributed by atoms with Crippen LogP contribution in [0, 0.1) is 13.0 Å². The van der Waals surface area contributed by atoms with Crippen molar-refractivity contribution >= 4 is 15.8 Å². The molecular weight excluding hydrogens is 601 g/mol. The van der Waals surface area contributed by atoms with E-state index in [1.807, 2.05) is 31.2 Å². The molecular formula is C37H61ClNiP2. The molecule has 6 fully saturated rings. The van der Waals surface area contributed by atoms with Gasteiger partial charge in [0.15, 0.2) is 0 Å². The van der Waals surface area contributed by atoms with Crippen molar-refractivity contribution in [1.82, 2.24) is 0 Å². The van der Waals surface area contributed by atoms with E-state index in [2.05, 4.69) is 6.07 Å². The minimum atomic E-state index is 0. The van der Waals surface area contributed by atoms with Gasteiger partial charge in [-0.15, -0.1) is 0 Å². The maximum absolute atomic E-state index is 3.03. The Bertz CT molecular complexity index is 645. The van der Waals surface area contributed by atoms with Gasteiger partial charge in [0.1, 0.15) is 0 Å². The van der Waals surface area contributed by atoms with Crippen LogP contribution in [-0.2, 0) is 16.5 Å². The van der Waals surface area contributed by atoms with Gasteiger partial charge < -0.3 is 12.4 Å². The molecule has 0 atom stereocenters. The third-order valence-corrected chi connectivity index (χ3v) is 19.5. The van der Waals surface area contributed by atoms with E-state index in [-0.39, 0.29) is 28.9 Å². The third-order valence-electron chi connectivity index (χ3n) is 11.3. The SMILES string of the molecule is C1CCC(P(C2CCCC2)C2CCCC2)C1.C1CCC(P(C2CCCC2)C2CCCC2)C1.Cc1[c-]cccc1.[Cl-].[Ni+2]. The summed E-state index contributed by atoms with van der Waals surface area (Å²) in [5, 5.41) is 0. The number of hydrogen-bond acceptors (Lipinski definition) is 0. The van der Waals surface area contributed by atoms with Gasteiger partial charge in [0.25, 0.3) is 0 Å². The zero-order chi connectivity index (χ0) is 26.7. The van der Waals surface area contributed by atoms with Gasteiger partial charge in [-0.3, -0.25) is 0 Å². The van der Waals surface area contributed by atoms with Crippen LogP contribution in [0.2, 0.25) is 0 Å². The van der Waals surface area contributed by atoms with Crippen molar-refractivity contribution < 1.29 is 28.9 Å².